The van der Waals surface area contributed by atoms with E-state index in [1.165, 1.54) is 0 Å². The monoisotopic (exact) mass is 284 g/mol. The third-order valence-corrected chi connectivity index (χ3v) is 3.89. The maximum Gasteiger partial charge on any atom is 0.306 e. The van der Waals surface area contributed by atoms with Crippen molar-refractivity contribution in [3.05, 3.63) is 0 Å². The third kappa shape index (κ3) is 5.59. The highest BCUT2D eigenvalue weighted by atomic mass is 16.5. The summed E-state index contributed by atoms with van der Waals surface area (Å²) >= 11 is 0. The first-order chi connectivity index (χ1) is 9.60. The zero-order valence-electron chi connectivity index (χ0n) is 13.1. The van der Waals surface area contributed by atoms with E-state index < -0.39 is 0 Å². The summed E-state index contributed by atoms with van der Waals surface area (Å²) in [4.78, 5) is 27.7. The van der Waals surface area contributed by atoms with E-state index in [0.717, 1.165) is 32.6 Å². The molecule has 1 rings (SSSR count). The highest BCUT2D eigenvalue weighted by molar-refractivity contribution is 5.84. The van der Waals surface area contributed by atoms with Crippen LogP contribution in [0.15, 0.2) is 0 Å². The lowest BCUT2D eigenvalue weighted by Crippen LogP contribution is -2.38. The van der Waals surface area contributed by atoms with Crippen molar-refractivity contribution < 1.29 is 14.3 Å². The van der Waals surface area contributed by atoms with E-state index >= 15 is 0 Å². The van der Waals surface area contributed by atoms with Crippen molar-refractivity contribution in [3.8, 4) is 0 Å². The Bertz CT molecular complexity index is 316. The fraction of sp³-hybridized carbons (Fsp3) is 0.867. The number of likely N-dealkylation sites (N-methyl/N-ethyl adjacent to an activating group) is 1. The normalized spacial score (nSPS) is 19.5. The summed E-state index contributed by atoms with van der Waals surface area (Å²) < 4.78 is 4.83. The molecule has 5 nitrogen and oxygen atoms in total. The highest BCUT2D eigenvalue weighted by Crippen LogP contribution is 2.15. The third-order valence-electron chi connectivity index (χ3n) is 3.89. The van der Waals surface area contributed by atoms with Crippen molar-refractivity contribution in [1.82, 2.24) is 9.80 Å². The van der Waals surface area contributed by atoms with Crippen molar-refractivity contribution >= 4 is 11.8 Å². The van der Waals surface area contributed by atoms with Crippen LogP contribution >= 0.6 is 0 Å². The number of ketones is 1. The zero-order valence-corrected chi connectivity index (χ0v) is 13.1. The van der Waals surface area contributed by atoms with Crippen molar-refractivity contribution in [2.75, 3.05) is 39.3 Å². The van der Waals surface area contributed by atoms with Crippen LogP contribution in [0, 0.1) is 0 Å². The predicted octanol–water partition coefficient (Wildman–Crippen LogP) is 1.31. The molecule has 0 aromatic rings. The van der Waals surface area contributed by atoms with Gasteiger partial charge in [-0.2, -0.15) is 0 Å². The van der Waals surface area contributed by atoms with Gasteiger partial charge in [0, 0.05) is 25.6 Å². The molecule has 116 valence electrons. The lowest BCUT2D eigenvalue weighted by Gasteiger charge is -2.26. The number of carbonyl (C=O) groups is 2. The van der Waals surface area contributed by atoms with Gasteiger partial charge in [-0.15, -0.1) is 0 Å². The van der Waals surface area contributed by atoms with Gasteiger partial charge in [0.05, 0.1) is 19.6 Å². The summed E-state index contributed by atoms with van der Waals surface area (Å²) in [6.07, 6.45) is 1.64. The first-order valence-electron chi connectivity index (χ1n) is 7.74. The van der Waals surface area contributed by atoms with Crippen LogP contribution in [0.5, 0.6) is 0 Å². The second-order valence-corrected chi connectivity index (χ2v) is 5.24. The van der Waals surface area contributed by atoms with Crippen LogP contribution < -0.4 is 0 Å². The van der Waals surface area contributed by atoms with Gasteiger partial charge in [-0.05, 0) is 26.4 Å². The number of carbonyl (C=O) groups excluding carboxylic acids is 2. The van der Waals surface area contributed by atoms with Crippen LogP contribution in [0.2, 0.25) is 0 Å². The molecule has 1 saturated heterocycles. The average molecular weight is 284 g/mol. The maximum absolute atomic E-state index is 11.9. The van der Waals surface area contributed by atoms with E-state index in [2.05, 4.69) is 23.6 Å². The Morgan fingerprint density at radius 3 is 2.50 bits per heavy atom. The smallest absolute Gasteiger partial charge is 0.306 e. The van der Waals surface area contributed by atoms with Gasteiger partial charge in [-0.25, -0.2) is 0 Å². The Morgan fingerprint density at radius 2 is 1.90 bits per heavy atom. The Hall–Kier alpha value is -0.940. The molecule has 1 aliphatic heterocycles. The summed E-state index contributed by atoms with van der Waals surface area (Å²) in [6.45, 7) is 11.0. The Balaban J connectivity index is 2.25. The summed E-state index contributed by atoms with van der Waals surface area (Å²) in [5, 5.41) is 0. The second-order valence-electron chi connectivity index (χ2n) is 5.24. The van der Waals surface area contributed by atoms with Gasteiger partial charge in [-0.1, -0.05) is 13.8 Å². The van der Waals surface area contributed by atoms with Gasteiger partial charge in [0.15, 0.2) is 0 Å². The molecule has 0 bridgehead atoms. The molecule has 1 atom stereocenters. The van der Waals surface area contributed by atoms with Crippen molar-refractivity contribution in [1.29, 1.82) is 0 Å². The molecule has 1 aliphatic rings. The van der Waals surface area contributed by atoms with Crippen molar-refractivity contribution in [3.63, 3.8) is 0 Å². The molecular weight excluding hydrogens is 256 g/mol. The molecule has 0 N–H and O–H groups in total. The Labute approximate surface area is 122 Å². The number of Topliss-reactive ketones (excluding diaryl/α,β-unsaturated/α-hetero) is 1. The van der Waals surface area contributed by atoms with E-state index in [0.29, 0.717) is 25.6 Å². The number of likely N-dealkylation sites (tertiary alicyclic amines) is 1. The van der Waals surface area contributed by atoms with Gasteiger partial charge in [0.25, 0.3) is 0 Å². The fourth-order valence-electron chi connectivity index (χ4n) is 2.80. The van der Waals surface area contributed by atoms with Crippen LogP contribution in [0.25, 0.3) is 0 Å². The van der Waals surface area contributed by atoms with Gasteiger partial charge in [-0.3, -0.25) is 19.4 Å². The molecule has 0 radical (unpaired) electrons. The van der Waals surface area contributed by atoms with Crippen LogP contribution in [-0.2, 0) is 14.3 Å². The van der Waals surface area contributed by atoms with E-state index in [9.17, 15) is 9.59 Å². The summed E-state index contributed by atoms with van der Waals surface area (Å²) in [6, 6.07) is 0.572. The standard InChI is InChI=1S/C15H28N2O3/c1-4-17(5-2)13-9-10-16(11-13)12-14(18)7-8-15(19)20-6-3/h13H,4-12H2,1-3H3. The molecule has 0 saturated carbocycles. The summed E-state index contributed by atoms with van der Waals surface area (Å²) in [7, 11) is 0. The van der Waals surface area contributed by atoms with Crippen LogP contribution in [0.3, 0.4) is 0 Å². The zero-order chi connectivity index (χ0) is 15.0. The molecule has 1 unspecified atom stereocenters. The molecule has 0 aliphatic carbocycles. The van der Waals surface area contributed by atoms with Gasteiger partial charge < -0.3 is 4.74 Å². The molecule has 20 heavy (non-hydrogen) atoms. The number of nitrogens with zero attached hydrogens (tertiary/aromatic N) is 2. The van der Waals surface area contributed by atoms with E-state index in [4.69, 9.17) is 4.74 Å². The minimum absolute atomic E-state index is 0.137. The lowest BCUT2D eigenvalue weighted by molar-refractivity contribution is -0.144. The fourth-order valence-corrected chi connectivity index (χ4v) is 2.80. The van der Waals surface area contributed by atoms with Crippen LogP contribution in [0.1, 0.15) is 40.0 Å². The maximum atomic E-state index is 11.9. The minimum atomic E-state index is -0.275. The molecule has 1 fully saturated rings. The van der Waals surface area contributed by atoms with Crippen LogP contribution in [-0.4, -0.2) is 66.9 Å². The Kier molecular flexibility index (Phi) is 7.77. The van der Waals surface area contributed by atoms with Crippen LogP contribution in [0.4, 0.5) is 0 Å². The van der Waals surface area contributed by atoms with Gasteiger partial charge in [0.2, 0.25) is 0 Å². The van der Waals surface area contributed by atoms with Gasteiger partial charge >= 0.3 is 5.97 Å². The first kappa shape index (κ1) is 17.1. The highest BCUT2D eigenvalue weighted by Gasteiger charge is 2.27. The molecule has 0 amide bonds. The minimum Gasteiger partial charge on any atom is -0.466 e. The van der Waals surface area contributed by atoms with Crippen molar-refractivity contribution in [2.24, 2.45) is 0 Å². The van der Waals surface area contributed by atoms with E-state index in [-0.39, 0.29) is 18.2 Å². The second kappa shape index (κ2) is 9.08. The van der Waals surface area contributed by atoms with Crippen molar-refractivity contribution in [2.45, 2.75) is 46.1 Å². The number of rotatable bonds is 9. The number of ether oxygens (including phenoxy) is 1. The number of hydrogen-bond acceptors (Lipinski definition) is 5. The lowest BCUT2D eigenvalue weighted by atomic mass is 10.2. The van der Waals surface area contributed by atoms with E-state index in [1.807, 2.05) is 0 Å². The predicted molar refractivity (Wildman–Crippen MR) is 78.6 cm³/mol. The number of esters is 1. The topological polar surface area (TPSA) is 49.9 Å². The quantitative estimate of drug-likeness (QED) is 0.598. The van der Waals surface area contributed by atoms with E-state index in [1.54, 1.807) is 6.92 Å². The molecule has 0 spiro atoms. The average Bonchev–Trinajstić information content (AvgIpc) is 2.87. The molecule has 1 heterocycles. The van der Waals surface area contributed by atoms with Gasteiger partial charge in [0.1, 0.15) is 5.78 Å². The summed E-state index contributed by atoms with van der Waals surface area (Å²) in [5.74, 6) is -0.137. The number of hydrogen-bond donors (Lipinski definition) is 0. The molecule has 5 heteroatoms. The largest absolute Gasteiger partial charge is 0.466 e. The summed E-state index contributed by atoms with van der Waals surface area (Å²) in [5.41, 5.74) is 0. The Morgan fingerprint density at radius 1 is 1.20 bits per heavy atom. The molecule has 0 aromatic heterocycles. The molecule has 0 aromatic carbocycles. The first-order valence-corrected chi connectivity index (χ1v) is 7.74. The SMILES string of the molecule is CCOC(=O)CCC(=O)CN1CCC(N(CC)CC)C1. The molecular formula is C15H28N2O3.